The monoisotopic (exact) mass is 667 g/mol. The molecule has 5 aromatic rings. The van der Waals surface area contributed by atoms with Crippen LogP contribution in [0.15, 0.2) is 74.9 Å². The molecule has 0 aliphatic carbocycles. The van der Waals surface area contributed by atoms with Gasteiger partial charge in [0, 0.05) is 29.2 Å². The number of unbranched alkanes of at least 4 members (excludes halogenated alkanes) is 1. The normalized spacial score (nSPS) is 11.7. The summed E-state index contributed by atoms with van der Waals surface area (Å²) >= 11 is 6.06. The zero-order valence-corrected chi connectivity index (χ0v) is 27.6. The Balaban J connectivity index is 1.57. The van der Waals surface area contributed by atoms with E-state index in [1.807, 2.05) is 13.0 Å². The van der Waals surface area contributed by atoms with Crippen molar-refractivity contribution >= 4 is 27.4 Å². The van der Waals surface area contributed by atoms with Crippen LogP contribution in [0.2, 0.25) is 5.02 Å². The van der Waals surface area contributed by atoms with E-state index < -0.39 is 15.8 Å². The molecule has 0 fully saturated rings. The zero-order chi connectivity index (χ0) is 33.0. The molecule has 5 rings (SSSR count). The molecule has 0 saturated carbocycles. The third-order valence-corrected chi connectivity index (χ3v) is 9.29. The molecule has 1 N–H and O–H groups in total. The van der Waals surface area contributed by atoms with Crippen molar-refractivity contribution in [2.75, 3.05) is 11.3 Å². The molecule has 242 valence electrons. The molecule has 3 aromatic carbocycles. The highest BCUT2D eigenvalue weighted by Gasteiger charge is 2.25. The fourth-order valence-corrected chi connectivity index (χ4v) is 6.42. The zero-order valence-electron chi connectivity index (χ0n) is 26.0. The van der Waals surface area contributed by atoms with Crippen molar-refractivity contribution in [1.29, 1.82) is 0 Å². The quantitative estimate of drug-likeness (QED) is 0.146. The topological polar surface area (TPSA) is 121 Å². The Labute approximate surface area is 271 Å². The Morgan fingerprint density at radius 1 is 1.02 bits per heavy atom. The number of benzene rings is 3. The Bertz CT molecular complexity index is 2020. The van der Waals surface area contributed by atoms with Crippen LogP contribution in [0, 0.1) is 19.7 Å². The molecule has 0 atom stereocenters. The molecule has 0 unspecified atom stereocenters. The van der Waals surface area contributed by atoms with Crippen LogP contribution in [0.3, 0.4) is 0 Å². The van der Waals surface area contributed by atoms with Gasteiger partial charge >= 0.3 is 5.69 Å². The number of rotatable bonds is 13. The van der Waals surface area contributed by atoms with Crippen LogP contribution in [0.4, 0.5) is 10.2 Å². The first kappa shape index (κ1) is 33.1. The van der Waals surface area contributed by atoms with Crippen molar-refractivity contribution in [3.63, 3.8) is 0 Å². The first-order valence-electron chi connectivity index (χ1n) is 14.9. The summed E-state index contributed by atoms with van der Waals surface area (Å²) in [4.78, 5) is 13.5. The minimum Gasteiger partial charge on any atom is -0.377 e. The van der Waals surface area contributed by atoms with Crippen LogP contribution < -0.4 is 10.4 Å². The highest BCUT2D eigenvalue weighted by Crippen LogP contribution is 2.34. The summed E-state index contributed by atoms with van der Waals surface area (Å²) in [6.45, 7) is 8.03. The predicted molar refractivity (Wildman–Crippen MR) is 174 cm³/mol. The molecule has 0 radical (unpaired) electrons. The van der Waals surface area contributed by atoms with E-state index in [4.69, 9.17) is 20.9 Å². The van der Waals surface area contributed by atoms with Gasteiger partial charge in [-0.3, -0.25) is 9.29 Å². The first-order valence-corrected chi connectivity index (χ1v) is 16.8. The van der Waals surface area contributed by atoms with E-state index in [9.17, 15) is 17.6 Å². The Kier molecular flexibility index (Phi) is 10.1. The summed E-state index contributed by atoms with van der Waals surface area (Å²) in [6.07, 6.45) is 2.39. The first-order chi connectivity index (χ1) is 22.0. The molecule has 0 bridgehead atoms. The van der Waals surface area contributed by atoms with Gasteiger partial charge in [-0.25, -0.2) is 17.6 Å². The molecule has 10 nitrogen and oxygen atoms in total. The number of anilines is 1. The van der Waals surface area contributed by atoms with Crippen LogP contribution >= 0.6 is 11.6 Å². The highest BCUT2D eigenvalue weighted by atomic mass is 35.5. The lowest BCUT2D eigenvalue weighted by Gasteiger charge is -2.17. The van der Waals surface area contributed by atoms with Crippen molar-refractivity contribution in [3.8, 4) is 16.8 Å². The van der Waals surface area contributed by atoms with Crippen molar-refractivity contribution in [2.45, 2.75) is 65.0 Å². The number of ether oxygens (including phenoxy) is 1. The Hall–Kier alpha value is -4.26. The summed E-state index contributed by atoms with van der Waals surface area (Å²) in [7, 11) is -4.21. The number of hydrogen-bond acceptors (Lipinski definition) is 7. The minimum absolute atomic E-state index is 0.0566. The number of nitrogens with zero attached hydrogens (tertiary/aromatic N) is 4. The number of hydrogen-bond donors (Lipinski definition) is 1. The second-order valence-electron chi connectivity index (χ2n) is 10.9. The second-order valence-corrected chi connectivity index (χ2v) is 13.0. The van der Waals surface area contributed by atoms with Gasteiger partial charge in [-0.05, 0) is 86.3 Å². The van der Waals surface area contributed by atoms with Crippen LogP contribution in [-0.4, -0.2) is 34.5 Å². The number of aryl methyl sites for hydroxylation is 2. The lowest BCUT2D eigenvalue weighted by atomic mass is 9.97. The molecule has 13 heteroatoms. The van der Waals surface area contributed by atoms with Gasteiger partial charge in [0.05, 0.1) is 23.7 Å². The SMILES string of the molecule is CCCCc1nn(-c2ccc(Cl)cc2)c(=O)n1Cc1ccc(-c2cc(F)ccc2S(=O)(=O)Nc2noc(C)c2C)c(COCC)c1. The van der Waals surface area contributed by atoms with E-state index in [0.29, 0.717) is 52.0 Å². The van der Waals surface area contributed by atoms with E-state index in [2.05, 4.69) is 21.9 Å². The minimum atomic E-state index is -4.21. The van der Waals surface area contributed by atoms with Gasteiger partial charge in [0.1, 0.15) is 17.4 Å². The van der Waals surface area contributed by atoms with Gasteiger partial charge in [-0.1, -0.05) is 48.3 Å². The molecule has 46 heavy (non-hydrogen) atoms. The van der Waals surface area contributed by atoms with E-state index in [1.165, 1.54) is 16.8 Å². The maximum absolute atomic E-state index is 14.7. The molecule has 0 spiro atoms. The maximum Gasteiger partial charge on any atom is 0.351 e. The highest BCUT2D eigenvalue weighted by molar-refractivity contribution is 7.92. The molecular weight excluding hydrogens is 633 g/mol. The Morgan fingerprint density at radius 2 is 1.78 bits per heavy atom. The van der Waals surface area contributed by atoms with E-state index in [1.54, 1.807) is 54.8 Å². The molecular formula is C33H35ClFN5O5S. The number of aromatic nitrogens is 4. The van der Waals surface area contributed by atoms with Gasteiger partial charge in [-0.2, -0.15) is 4.68 Å². The number of nitrogens with one attached hydrogen (secondary N) is 1. The van der Waals surface area contributed by atoms with Gasteiger partial charge in [0.2, 0.25) is 0 Å². The third-order valence-electron chi connectivity index (χ3n) is 7.65. The largest absolute Gasteiger partial charge is 0.377 e. The number of halogens is 2. The van der Waals surface area contributed by atoms with Gasteiger partial charge in [-0.15, -0.1) is 5.10 Å². The van der Waals surface area contributed by atoms with Crippen molar-refractivity contribution in [2.24, 2.45) is 0 Å². The molecule has 2 aromatic heterocycles. The summed E-state index contributed by atoms with van der Waals surface area (Å²) in [6, 6.07) is 15.8. The van der Waals surface area contributed by atoms with E-state index in [0.717, 1.165) is 24.5 Å². The number of sulfonamides is 1. The van der Waals surface area contributed by atoms with E-state index in [-0.39, 0.29) is 35.1 Å². The maximum atomic E-state index is 14.7. The standard InChI is InChI=1S/C33H35ClFN5O5S/c1-5-7-8-31-36-40(27-13-10-25(34)11-14-27)33(41)39(31)19-23-9-15-28(24(17-23)20-44-6-2)29-18-26(35)12-16-30(29)46(42,43)38-32-21(3)22(4)45-37-32/h9-18H,5-8,19-20H2,1-4H3,(H,37,38). The summed E-state index contributed by atoms with van der Waals surface area (Å²) in [5, 5.41) is 9.01. The van der Waals surface area contributed by atoms with Crippen molar-refractivity contribution in [1.82, 2.24) is 19.5 Å². The summed E-state index contributed by atoms with van der Waals surface area (Å²) in [5.74, 6) is 0.569. The lowest BCUT2D eigenvalue weighted by Crippen LogP contribution is -2.25. The van der Waals surface area contributed by atoms with E-state index >= 15 is 0 Å². The fourth-order valence-electron chi connectivity index (χ4n) is 5.03. The van der Waals surface area contributed by atoms with Crippen LogP contribution in [0.1, 0.15) is 55.0 Å². The fraction of sp³-hybridized carbons (Fsp3) is 0.303. The van der Waals surface area contributed by atoms with Crippen LogP contribution in [0.25, 0.3) is 16.8 Å². The molecule has 0 aliphatic heterocycles. The third kappa shape index (κ3) is 7.09. The molecule has 0 saturated heterocycles. The van der Waals surface area contributed by atoms with Crippen LogP contribution in [-0.2, 0) is 34.3 Å². The average Bonchev–Trinajstić information content (AvgIpc) is 3.51. The lowest BCUT2D eigenvalue weighted by molar-refractivity contribution is 0.134. The van der Waals surface area contributed by atoms with Crippen LogP contribution in [0.5, 0.6) is 0 Å². The summed E-state index contributed by atoms with van der Waals surface area (Å²) < 4.78 is 58.2. The molecule has 0 aliphatic rings. The van der Waals surface area contributed by atoms with Gasteiger partial charge < -0.3 is 9.26 Å². The molecule has 0 amide bonds. The summed E-state index contributed by atoms with van der Waals surface area (Å²) in [5.41, 5.74) is 2.87. The van der Waals surface area contributed by atoms with Crippen molar-refractivity contribution in [3.05, 3.63) is 110 Å². The second kappa shape index (κ2) is 14.0. The van der Waals surface area contributed by atoms with Gasteiger partial charge in [0.25, 0.3) is 10.0 Å². The predicted octanol–water partition coefficient (Wildman–Crippen LogP) is 6.83. The molecule has 2 heterocycles. The average molecular weight is 668 g/mol. The Morgan fingerprint density at radius 3 is 2.46 bits per heavy atom. The van der Waals surface area contributed by atoms with Crippen molar-refractivity contribution < 1.29 is 22.1 Å². The smallest absolute Gasteiger partial charge is 0.351 e. The van der Waals surface area contributed by atoms with Gasteiger partial charge in [0.15, 0.2) is 5.82 Å².